The molecule has 810 valence electrons. The van der Waals surface area contributed by atoms with Crippen LogP contribution in [0.2, 0.25) is 0 Å². The third kappa shape index (κ3) is 47.5. The summed E-state index contributed by atoms with van der Waals surface area (Å²) in [7, 11) is 3.06. The lowest BCUT2D eigenvalue weighted by atomic mass is 9.96. The van der Waals surface area contributed by atoms with Crippen molar-refractivity contribution in [3.63, 3.8) is 0 Å². The summed E-state index contributed by atoms with van der Waals surface area (Å²) in [4.78, 5) is 186. The average Bonchev–Trinajstić information content (AvgIpc) is 1.81. The number of likely N-dealkylation sites (tertiary alicyclic amines) is 3. The lowest BCUT2D eigenvalue weighted by molar-refractivity contribution is -0.143. The van der Waals surface area contributed by atoms with Crippen LogP contribution in [0.15, 0.2) is 79.1 Å². The maximum absolute atomic E-state index is 14.9. The van der Waals surface area contributed by atoms with Gasteiger partial charge in [-0.1, -0.05) is 44.9 Å². The van der Waals surface area contributed by atoms with Gasteiger partial charge in [0.2, 0.25) is 59.1 Å². The lowest BCUT2D eigenvalue weighted by Gasteiger charge is -2.32. The number of aromatic amines is 2. The Kier molecular flexibility index (Phi) is 59.6. The summed E-state index contributed by atoms with van der Waals surface area (Å²) >= 11 is 1.48. The van der Waals surface area contributed by atoms with Crippen LogP contribution in [-0.4, -0.2) is 400 Å². The van der Waals surface area contributed by atoms with Gasteiger partial charge in [-0.2, -0.15) is 0 Å². The number of imidazole rings is 2. The molecule has 0 saturated carbocycles. The number of hydrogen-bond donors (Lipinski definition) is 14. The molecule has 0 bridgehead atoms. The molecule has 5 heterocycles. The number of benzene rings is 2. The van der Waals surface area contributed by atoms with Crippen LogP contribution in [0.4, 0.5) is 0 Å². The van der Waals surface area contributed by atoms with Gasteiger partial charge < -0.3 is 145 Å². The monoisotopic (exact) mass is 2060 g/mol. The zero-order valence-electron chi connectivity index (χ0n) is 84.4. The first-order valence-corrected chi connectivity index (χ1v) is 51.0. The van der Waals surface area contributed by atoms with E-state index in [2.05, 4.69) is 78.9 Å². The Morgan fingerprint density at radius 2 is 1.13 bits per heavy atom. The van der Waals surface area contributed by atoms with Crippen molar-refractivity contribution in [1.29, 1.82) is 0 Å². The summed E-state index contributed by atoms with van der Waals surface area (Å²) in [6.07, 6.45) is 14.1. The number of thioether (sulfide) groups is 1. The lowest BCUT2D eigenvalue weighted by Crippen LogP contribution is -2.61. The van der Waals surface area contributed by atoms with E-state index in [9.17, 15) is 67.7 Å². The number of carboxylic acid groups (broad SMARTS) is 1. The Labute approximate surface area is 851 Å². The standard InChI is InChI=1S/C98H154N18O28S/c1-7-28-114-29-13-17-74(114)65-105-90(122)76-57-71(59-82(131-5)88(76)132-6)16-15-56-145-83-62-86(120)116(96(83)128)30-11-9-10-20-84(118)103-27-33-134-35-37-136-39-41-138-43-45-140-47-49-142-51-53-144-55-54-143-52-50-141-48-46-139-44-42-137-40-38-135-36-34-133-32-25-85(119)109-78(60-72-63-101-66-106-72)92(124)108-69(4)89(121)113-87(68(3)8-2)94(126)111-79(58-70-21-23-75(117)24-22-70)95(127)115-31-14-19-81(115)93(125)110-77(18-12-26-104-98(99)100)91(123)112-80(97(129)130)61-73-64-102-67-107-73/h7,21-24,57,59,63-64,66-69,74,77-81,83,87,117H,1,8-20,25-56,58,60-62,65H2,2-6H3,(H,101,106)(H,102,107)(H,103,118)(H,105,122)(H,108,124)(H,109,119)(H,110,125)(H,111,126)(H,112,123)(H,113,121)(H,129,130)(H4,99,100,104)/t68-,69-,74-,77-,78-,79-,80-,81-,83?,87-/m0/s1. The predicted molar refractivity (Wildman–Crippen MR) is 534 cm³/mol. The number of H-pyrrole nitrogens is 2. The van der Waals surface area contributed by atoms with Crippen LogP contribution < -0.4 is 63.5 Å². The first-order valence-electron chi connectivity index (χ1n) is 50.0. The number of aliphatic carboxylic acids is 1. The van der Waals surface area contributed by atoms with E-state index in [1.54, 1.807) is 33.1 Å². The van der Waals surface area contributed by atoms with Gasteiger partial charge in [0.1, 0.15) is 48.0 Å². The van der Waals surface area contributed by atoms with Crippen molar-refractivity contribution >= 4 is 88.7 Å². The van der Waals surface area contributed by atoms with Crippen LogP contribution in [0, 0.1) is 5.92 Å². The molecule has 145 heavy (non-hydrogen) atoms. The Hall–Kier alpha value is -11.1. The fourth-order valence-corrected chi connectivity index (χ4v) is 17.0. The number of aryl methyl sites for hydroxylation is 1. The first kappa shape index (κ1) is 121. The third-order valence-electron chi connectivity index (χ3n) is 23.9. The molecule has 0 radical (unpaired) electrons. The average molecular weight is 2060 g/mol. The van der Waals surface area contributed by atoms with Crippen LogP contribution in [0.3, 0.4) is 0 Å². The molecule has 0 spiro atoms. The number of ether oxygens (including phenoxy) is 14. The van der Waals surface area contributed by atoms with Gasteiger partial charge in [0, 0.05) is 108 Å². The summed E-state index contributed by atoms with van der Waals surface area (Å²) in [6, 6.07) is 0.934. The highest BCUT2D eigenvalue weighted by Crippen LogP contribution is 2.35. The van der Waals surface area contributed by atoms with Crippen LogP contribution >= 0.6 is 11.8 Å². The molecule has 10 atom stereocenters. The normalized spacial score (nSPS) is 16.1. The molecule has 4 aromatic rings. The second-order valence-electron chi connectivity index (χ2n) is 34.8. The van der Waals surface area contributed by atoms with Crippen molar-refractivity contribution in [1.82, 2.24) is 77.2 Å². The molecule has 11 amide bonds. The minimum atomic E-state index is -1.41. The zero-order valence-corrected chi connectivity index (χ0v) is 85.3. The van der Waals surface area contributed by atoms with Crippen molar-refractivity contribution in [2.45, 2.75) is 190 Å². The largest absolute Gasteiger partial charge is 0.508 e. The van der Waals surface area contributed by atoms with E-state index >= 15 is 0 Å². The van der Waals surface area contributed by atoms with Gasteiger partial charge in [-0.05, 0) is 125 Å². The second-order valence-corrected chi connectivity index (χ2v) is 36.1. The highest BCUT2D eigenvalue weighted by atomic mass is 32.2. The van der Waals surface area contributed by atoms with E-state index in [0.29, 0.717) is 236 Å². The maximum atomic E-state index is 14.9. The molecule has 2 aromatic carbocycles. The molecule has 47 heteroatoms. The van der Waals surface area contributed by atoms with Gasteiger partial charge in [-0.15, -0.1) is 18.3 Å². The zero-order chi connectivity index (χ0) is 105. The number of phenols is 1. The van der Waals surface area contributed by atoms with E-state index in [-0.39, 0.29) is 132 Å². The smallest absolute Gasteiger partial charge is 0.326 e. The molecule has 7 rings (SSSR count). The summed E-state index contributed by atoms with van der Waals surface area (Å²) in [5.74, 6) is -6.28. The predicted octanol–water partition coefficient (Wildman–Crippen LogP) is 1.13. The van der Waals surface area contributed by atoms with Gasteiger partial charge in [-0.25, -0.2) is 14.8 Å². The molecule has 16 N–H and O–H groups in total. The highest BCUT2D eigenvalue weighted by Gasteiger charge is 2.42. The van der Waals surface area contributed by atoms with Crippen molar-refractivity contribution in [2.24, 2.45) is 22.4 Å². The van der Waals surface area contributed by atoms with Crippen molar-refractivity contribution in [3.05, 3.63) is 102 Å². The van der Waals surface area contributed by atoms with E-state index in [4.69, 9.17) is 77.8 Å². The molecule has 3 aliphatic rings. The molecular formula is C98H154N18O28S. The van der Waals surface area contributed by atoms with Crippen molar-refractivity contribution in [3.8, 4) is 17.2 Å². The molecule has 1 unspecified atom stereocenters. The number of carbonyl (C=O) groups is 12. The molecule has 3 aliphatic heterocycles. The Morgan fingerprint density at radius 1 is 0.579 bits per heavy atom. The molecule has 46 nitrogen and oxygen atoms in total. The molecule has 3 saturated heterocycles. The summed E-state index contributed by atoms with van der Waals surface area (Å²) in [5, 5.41) is 41.8. The Bertz CT molecular complexity index is 4510. The second kappa shape index (κ2) is 71.5. The number of hydrogen-bond acceptors (Lipinski definition) is 32. The molecule has 3 fully saturated rings. The van der Waals surface area contributed by atoms with Gasteiger partial charge >= 0.3 is 5.97 Å². The highest BCUT2D eigenvalue weighted by molar-refractivity contribution is 8.00. The van der Waals surface area contributed by atoms with Crippen molar-refractivity contribution in [2.75, 3.05) is 224 Å². The number of imide groups is 1. The number of nitrogens with one attached hydrogen (secondary N) is 10. The fraction of sp³-hybridized carbons (Fsp3) is 0.663. The summed E-state index contributed by atoms with van der Waals surface area (Å²) < 4.78 is 78.1. The van der Waals surface area contributed by atoms with Crippen LogP contribution in [-0.2, 0) is 135 Å². The number of carbonyl (C=O) groups excluding carboxylic acids is 11. The van der Waals surface area contributed by atoms with Crippen LogP contribution in [0.1, 0.15) is 144 Å². The number of methoxy groups -OCH3 is 2. The quantitative estimate of drug-likeness (QED) is 0.00968. The minimum absolute atomic E-state index is 0.00242. The maximum Gasteiger partial charge on any atom is 0.326 e. The molecule has 0 aliphatic carbocycles. The van der Waals surface area contributed by atoms with Crippen LogP contribution in [0.25, 0.3) is 0 Å². The van der Waals surface area contributed by atoms with E-state index in [1.807, 2.05) is 18.2 Å². The van der Waals surface area contributed by atoms with E-state index in [1.165, 1.54) is 72.8 Å². The number of nitrogens with two attached hydrogens (primary N) is 2. The Morgan fingerprint density at radius 3 is 1.67 bits per heavy atom. The van der Waals surface area contributed by atoms with Gasteiger partial charge in [0.15, 0.2) is 17.5 Å². The molecular weight excluding hydrogens is 1910 g/mol. The number of phenolic OH excluding ortho intramolecular Hbond substituents is 1. The number of unbranched alkanes of at least 4 members (excludes halogenated alkanes) is 2. The number of amides is 11. The van der Waals surface area contributed by atoms with E-state index in [0.717, 1.165) is 37.9 Å². The number of carboxylic acids is 1. The minimum Gasteiger partial charge on any atom is -0.508 e. The number of aromatic nitrogens is 4. The van der Waals surface area contributed by atoms with Crippen molar-refractivity contribution < 1.29 is 134 Å². The molecule has 2 aromatic heterocycles. The topological polar surface area (TPSA) is 602 Å². The van der Waals surface area contributed by atoms with Gasteiger partial charge in [-0.3, -0.25) is 67.5 Å². The van der Waals surface area contributed by atoms with Gasteiger partial charge in [0.25, 0.3) is 5.91 Å². The number of aliphatic imine (C=N–C) groups is 1. The summed E-state index contributed by atoms with van der Waals surface area (Å²) in [5.41, 5.74) is 13.8. The number of rotatable bonds is 82. The Balaban J connectivity index is 0.621. The van der Waals surface area contributed by atoms with Crippen LogP contribution in [0.5, 0.6) is 17.2 Å². The van der Waals surface area contributed by atoms with E-state index < -0.39 is 101 Å². The number of nitrogens with zero attached hydrogens (tertiary/aromatic N) is 6. The SMILES string of the molecule is C=CCN1CCC[C@H]1CNC(=O)c1cc(CCCSC2CC(=O)N(CCCCCC(=O)NCCOCCOCCOCCOCCOCCOCCOCCOCCOCCOCCOCCOCCC(=O)N[C@@H](Cc3cnc[nH]3)C(=O)N[C@@H](C)C(=O)N[C@H](C(=O)N[C@@H](Cc3ccc(O)cc3)C(=O)N3CCC[C@H]3C(=O)N[C@@H](CCCN=C(N)N)C(=O)N[C@@H](Cc3cnc[nH]3)C(=O)O)[C@@H](C)CC)C2=O)cc(OC)c1OC. The van der Waals surface area contributed by atoms with Gasteiger partial charge in [0.05, 0.1) is 196 Å². The number of guanidine groups is 1. The first-order chi connectivity index (χ1) is 70.3. The number of aromatic hydroxyl groups is 1. The third-order valence-corrected chi connectivity index (χ3v) is 25.2. The fourth-order valence-electron chi connectivity index (χ4n) is 15.9. The summed E-state index contributed by atoms with van der Waals surface area (Å²) in [6.45, 7) is 20.3.